The zero-order valence-corrected chi connectivity index (χ0v) is 12.8. The lowest BCUT2D eigenvalue weighted by Crippen LogP contribution is -1.83. The molecule has 0 unspecified atom stereocenters. The molecule has 0 saturated carbocycles. The summed E-state index contributed by atoms with van der Waals surface area (Å²) in [5, 5.41) is 0. The highest BCUT2D eigenvalue weighted by Gasteiger charge is 1.98. The first-order chi connectivity index (χ1) is 10.1. The van der Waals surface area contributed by atoms with Gasteiger partial charge in [0.1, 0.15) is 5.65 Å². The van der Waals surface area contributed by atoms with Gasteiger partial charge in [-0.05, 0) is 43.5 Å². The maximum Gasteiger partial charge on any atom is 0.139 e. The Bertz CT molecular complexity index is 740. The normalized spacial score (nSPS) is 10.6. The molecule has 0 radical (unpaired) electrons. The van der Waals surface area contributed by atoms with Crippen LogP contribution in [0.25, 0.3) is 11.7 Å². The van der Waals surface area contributed by atoms with E-state index >= 15 is 0 Å². The molecule has 0 saturated heterocycles. The van der Waals surface area contributed by atoms with Gasteiger partial charge in [0.05, 0.1) is 0 Å². The van der Waals surface area contributed by atoms with Crippen LogP contribution in [0.15, 0.2) is 55.7 Å². The topological polar surface area (TPSA) is 33.1 Å². The number of rotatable bonds is 2. The summed E-state index contributed by atoms with van der Waals surface area (Å²) in [6, 6.07) is 4.08. The molecule has 0 fully saturated rings. The summed E-state index contributed by atoms with van der Waals surface area (Å²) < 4.78 is 2.01. The van der Waals surface area contributed by atoms with E-state index < -0.39 is 0 Å². The molecular weight excluding hydrogens is 258 g/mol. The number of allylic oxidation sites excluding steroid dienone is 2. The number of aromatic nitrogens is 3. The van der Waals surface area contributed by atoms with Crippen LogP contribution in [0.3, 0.4) is 0 Å². The zero-order valence-electron chi connectivity index (χ0n) is 12.8. The Balaban J connectivity index is 0.000000154. The molecule has 0 aliphatic carbocycles. The third-order valence-electron chi connectivity index (χ3n) is 3.35. The molecular formula is C18H21N3. The molecule has 3 aromatic rings. The van der Waals surface area contributed by atoms with Crippen LogP contribution in [0.5, 0.6) is 0 Å². The summed E-state index contributed by atoms with van der Waals surface area (Å²) in [7, 11) is 0. The maximum atomic E-state index is 4.18. The van der Waals surface area contributed by atoms with Gasteiger partial charge >= 0.3 is 0 Å². The Morgan fingerprint density at radius 1 is 1.19 bits per heavy atom. The summed E-state index contributed by atoms with van der Waals surface area (Å²) in [5.41, 5.74) is 6.01. The molecule has 0 spiro atoms. The third-order valence-corrected chi connectivity index (χ3v) is 3.35. The molecule has 3 nitrogen and oxygen atoms in total. The van der Waals surface area contributed by atoms with Crippen LogP contribution in [-0.2, 0) is 0 Å². The molecule has 3 heteroatoms. The number of fused-ring (bicyclic) bond motifs is 1. The van der Waals surface area contributed by atoms with Crippen molar-refractivity contribution in [3.63, 3.8) is 0 Å². The standard InChI is InChI=1S/C10H13N.C8H8N2/c1-4-5-6-10-8(2)7-11-9(10)3;1-7-3-2-5-10-6-4-9-8(7)10/h4-7,11H,1H2,2-3H3;2-6H,1H3/b6-5-;. The summed E-state index contributed by atoms with van der Waals surface area (Å²) in [5.74, 6) is 0. The lowest BCUT2D eigenvalue weighted by molar-refractivity contribution is 1.16. The van der Waals surface area contributed by atoms with Crippen molar-refractivity contribution in [3.05, 3.63) is 78.0 Å². The van der Waals surface area contributed by atoms with Crippen LogP contribution in [0.4, 0.5) is 0 Å². The van der Waals surface area contributed by atoms with E-state index in [2.05, 4.69) is 49.5 Å². The van der Waals surface area contributed by atoms with Crippen molar-refractivity contribution in [2.45, 2.75) is 20.8 Å². The van der Waals surface area contributed by atoms with Crippen LogP contribution in [0.1, 0.15) is 22.4 Å². The predicted molar refractivity (Wildman–Crippen MR) is 89.4 cm³/mol. The summed E-state index contributed by atoms with van der Waals surface area (Å²) >= 11 is 0. The molecule has 3 heterocycles. The summed E-state index contributed by atoms with van der Waals surface area (Å²) in [6.07, 6.45) is 13.6. The lowest BCUT2D eigenvalue weighted by atomic mass is 10.1. The number of imidazole rings is 1. The molecule has 0 bridgehead atoms. The van der Waals surface area contributed by atoms with Gasteiger partial charge in [-0.1, -0.05) is 30.9 Å². The molecule has 0 aliphatic heterocycles. The van der Waals surface area contributed by atoms with Gasteiger partial charge in [-0.15, -0.1) is 0 Å². The van der Waals surface area contributed by atoms with Crippen molar-refractivity contribution in [1.82, 2.24) is 14.4 Å². The van der Waals surface area contributed by atoms with Crippen molar-refractivity contribution < 1.29 is 0 Å². The Morgan fingerprint density at radius 3 is 2.62 bits per heavy atom. The zero-order chi connectivity index (χ0) is 15.2. The average molecular weight is 279 g/mol. The average Bonchev–Trinajstić information content (AvgIpc) is 3.07. The van der Waals surface area contributed by atoms with E-state index in [1.807, 2.05) is 41.3 Å². The fraction of sp³-hybridized carbons (Fsp3) is 0.167. The van der Waals surface area contributed by atoms with Crippen molar-refractivity contribution in [2.24, 2.45) is 0 Å². The highest BCUT2D eigenvalue weighted by atomic mass is 15.0. The van der Waals surface area contributed by atoms with Crippen molar-refractivity contribution >= 4 is 11.7 Å². The van der Waals surface area contributed by atoms with E-state index in [0.717, 1.165) is 5.65 Å². The van der Waals surface area contributed by atoms with Gasteiger partial charge in [0, 0.05) is 30.5 Å². The lowest BCUT2D eigenvalue weighted by Gasteiger charge is -1.94. The smallest absolute Gasteiger partial charge is 0.139 e. The first-order valence-corrected chi connectivity index (χ1v) is 6.95. The minimum atomic E-state index is 1.04. The number of aryl methyl sites for hydroxylation is 3. The maximum absolute atomic E-state index is 4.18. The van der Waals surface area contributed by atoms with Crippen LogP contribution in [0, 0.1) is 20.8 Å². The second-order valence-electron chi connectivity index (χ2n) is 4.95. The van der Waals surface area contributed by atoms with E-state index in [4.69, 9.17) is 0 Å². The molecule has 0 aromatic carbocycles. The Kier molecular flexibility index (Phi) is 4.77. The number of pyridine rings is 1. The molecule has 3 aromatic heterocycles. The van der Waals surface area contributed by atoms with E-state index in [1.54, 1.807) is 6.08 Å². The number of nitrogens with zero attached hydrogens (tertiary/aromatic N) is 2. The number of hydrogen-bond acceptors (Lipinski definition) is 1. The molecule has 0 aliphatic rings. The largest absolute Gasteiger partial charge is 0.364 e. The van der Waals surface area contributed by atoms with Gasteiger partial charge in [-0.25, -0.2) is 4.98 Å². The predicted octanol–water partition coefficient (Wildman–Crippen LogP) is 4.47. The number of H-pyrrole nitrogens is 1. The monoisotopic (exact) mass is 279 g/mol. The van der Waals surface area contributed by atoms with Crippen LogP contribution >= 0.6 is 0 Å². The Morgan fingerprint density at radius 2 is 2.00 bits per heavy atom. The van der Waals surface area contributed by atoms with Crippen molar-refractivity contribution in [3.8, 4) is 0 Å². The van der Waals surface area contributed by atoms with Gasteiger partial charge in [0.15, 0.2) is 0 Å². The number of hydrogen-bond donors (Lipinski definition) is 1. The molecule has 21 heavy (non-hydrogen) atoms. The molecule has 1 N–H and O–H groups in total. The SMILES string of the molecule is C=C/C=C\c1c(C)c[nH]c1C.Cc1cccn2ccnc12. The second-order valence-corrected chi connectivity index (χ2v) is 4.95. The molecule has 0 amide bonds. The number of nitrogens with one attached hydrogen (secondary N) is 1. The third kappa shape index (κ3) is 3.51. The minimum absolute atomic E-state index is 1.04. The van der Waals surface area contributed by atoms with Crippen molar-refractivity contribution in [2.75, 3.05) is 0 Å². The van der Waals surface area contributed by atoms with E-state index in [-0.39, 0.29) is 0 Å². The van der Waals surface area contributed by atoms with E-state index in [1.165, 1.54) is 22.4 Å². The minimum Gasteiger partial charge on any atom is -0.364 e. The van der Waals surface area contributed by atoms with Gasteiger partial charge in [-0.3, -0.25) is 0 Å². The van der Waals surface area contributed by atoms with Crippen LogP contribution < -0.4 is 0 Å². The fourth-order valence-electron chi connectivity index (χ4n) is 2.18. The fourth-order valence-corrected chi connectivity index (χ4v) is 2.18. The van der Waals surface area contributed by atoms with Gasteiger partial charge < -0.3 is 9.38 Å². The number of aromatic amines is 1. The summed E-state index contributed by atoms with van der Waals surface area (Å²) in [4.78, 5) is 7.34. The van der Waals surface area contributed by atoms with Gasteiger partial charge in [0.25, 0.3) is 0 Å². The van der Waals surface area contributed by atoms with Crippen molar-refractivity contribution in [1.29, 1.82) is 0 Å². The van der Waals surface area contributed by atoms with Crippen LogP contribution in [0.2, 0.25) is 0 Å². The van der Waals surface area contributed by atoms with Gasteiger partial charge in [-0.2, -0.15) is 0 Å². The first kappa shape index (κ1) is 14.9. The first-order valence-electron chi connectivity index (χ1n) is 6.95. The van der Waals surface area contributed by atoms with Gasteiger partial charge in [0.2, 0.25) is 0 Å². The molecule has 0 atom stereocenters. The highest BCUT2D eigenvalue weighted by molar-refractivity contribution is 5.57. The quantitative estimate of drug-likeness (QED) is 0.690. The highest BCUT2D eigenvalue weighted by Crippen LogP contribution is 2.13. The molecule has 3 rings (SSSR count). The molecule has 108 valence electrons. The summed E-state index contributed by atoms with van der Waals surface area (Å²) in [6.45, 7) is 9.84. The van der Waals surface area contributed by atoms with Crippen LogP contribution in [-0.4, -0.2) is 14.4 Å². The van der Waals surface area contributed by atoms with E-state index in [9.17, 15) is 0 Å². The Hall–Kier alpha value is -2.55. The Labute approximate surface area is 125 Å². The second kappa shape index (κ2) is 6.75. The van der Waals surface area contributed by atoms with E-state index in [0.29, 0.717) is 0 Å².